The molecule has 0 aromatic rings. The van der Waals surface area contributed by atoms with E-state index in [1.54, 1.807) is 0 Å². The van der Waals surface area contributed by atoms with Crippen molar-refractivity contribution in [2.75, 3.05) is 46.7 Å². The van der Waals surface area contributed by atoms with Crippen LogP contribution >= 0.6 is 0 Å². The Morgan fingerprint density at radius 1 is 1.05 bits per heavy atom. The second kappa shape index (κ2) is 19.1. The first-order valence-corrected chi connectivity index (χ1v) is 13.1. The quantitative estimate of drug-likeness (QED) is 0.122. The maximum Gasteiger partial charge on any atom is 0.407 e. The Morgan fingerprint density at radius 2 is 1.64 bits per heavy atom. The molecular weight excluding hydrogens is 520 g/mol. The van der Waals surface area contributed by atoms with Crippen LogP contribution in [0, 0.1) is 11.8 Å². The number of aliphatic hydroxyl groups excluding tert-OH is 4. The fourth-order valence-corrected chi connectivity index (χ4v) is 3.25. The zero-order chi connectivity index (χ0) is 30.2. The SMILES string of the molecule is CC(C)C(C)C.CCC1(C(=O)O)CC(O)C(NC(=O)CNC(=O)OCCOCCOC)C(C(O)C(O)CO)O1. The van der Waals surface area contributed by atoms with Crippen molar-refractivity contribution >= 4 is 18.0 Å². The molecule has 1 heterocycles. The number of aliphatic carboxylic acids is 1. The number of aliphatic hydroxyl groups is 4. The Kier molecular flexibility index (Phi) is 18.1. The van der Waals surface area contributed by atoms with Gasteiger partial charge in [-0.15, -0.1) is 0 Å². The van der Waals surface area contributed by atoms with Crippen LogP contribution in [0.15, 0.2) is 0 Å². The second-order valence-corrected chi connectivity index (χ2v) is 9.92. The fourth-order valence-electron chi connectivity index (χ4n) is 3.25. The van der Waals surface area contributed by atoms with Crippen LogP contribution in [0.4, 0.5) is 4.79 Å². The predicted octanol–water partition coefficient (Wildman–Crippen LogP) is -0.744. The predicted molar refractivity (Wildman–Crippen MR) is 139 cm³/mol. The molecule has 0 bridgehead atoms. The molecule has 0 radical (unpaired) electrons. The number of carbonyl (C=O) groups is 3. The first kappa shape index (κ1) is 36.9. The molecule has 0 aliphatic carbocycles. The molecule has 14 nitrogen and oxygen atoms in total. The summed E-state index contributed by atoms with van der Waals surface area (Å²) in [6.45, 7) is 9.82. The molecule has 7 N–H and O–H groups in total. The van der Waals surface area contributed by atoms with Crippen LogP contribution in [0.5, 0.6) is 0 Å². The summed E-state index contributed by atoms with van der Waals surface area (Å²) in [7, 11) is 1.51. The highest BCUT2D eigenvalue weighted by atomic mass is 16.6. The van der Waals surface area contributed by atoms with Crippen molar-refractivity contribution in [2.24, 2.45) is 11.8 Å². The Hall–Kier alpha value is -2.07. The lowest BCUT2D eigenvalue weighted by molar-refractivity contribution is -0.230. The normalized spacial score (nSPS) is 24.4. The molecule has 0 saturated carbocycles. The topological polar surface area (TPSA) is 213 Å². The third-order valence-electron chi connectivity index (χ3n) is 6.49. The van der Waals surface area contributed by atoms with Crippen molar-refractivity contribution in [3.05, 3.63) is 0 Å². The van der Waals surface area contributed by atoms with Crippen LogP contribution in [0.1, 0.15) is 47.5 Å². The number of nitrogens with one attached hydrogen (secondary N) is 2. The summed E-state index contributed by atoms with van der Waals surface area (Å²) >= 11 is 0. The van der Waals surface area contributed by atoms with Crippen molar-refractivity contribution < 1.29 is 58.9 Å². The third-order valence-corrected chi connectivity index (χ3v) is 6.49. The molecule has 1 rings (SSSR count). The number of carbonyl (C=O) groups excluding carboxylic acids is 2. The van der Waals surface area contributed by atoms with E-state index in [0.717, 1.165) is 11.8 Å². The highest BCUT2D eigenvalue weighted by Crippen LogP contribution is 2.34. The van der Waals surface area contributed by atoms with Gasteiger partial charge in [0.15, 0.2) is 5.60 Å². The van der Waals surface area contributed by atoms with Gasteiger partial charge in [0.2, 0.25) is 5.91 Å². The first-order valence-electron chi connectivity index (χ1n) is 13.1. The lowest BCUT2D eigenvalue weighted by Gasteiger charge is -2.46. The van der Waals surface area contributed by atoms with E-state index in [1.807, 2.05) is 0 Å². The maximum atomic E-state index is 12.3. The number of ether oxygens (including phenoxy) is 4. The van der Waals surface area contributed by atoms with Crippen LogP contribution in [0.2, 0.25) is 0 Å². The van der Waals surface area contributed by atoms with Crippen molar-refractivity contribution in [2.45, 2.75) is 83.5 Å². The van der Waals surface area contributed by atoms with E-state index >= 15 is 0 Å². The molecule has 6 atom stereocenters. The molecular formula is C25H48N2O12. The van der Waals surface area contributed by atoms with E-state index in [9.17, 15) is 34.8 Å². The summed E-state index contributed by atoms with van der Waals surface area (Å²) in [5, 5.41) is 53.9. The van der Waals surface area contributed by atoms with Gasteiger partial charge in [0.25, 0.3) is 0 Å². The minimum Gasteiger partial charge on any atom is -0.479 e. The molecule has 1 aliphatic rings. The number of amides is 2. The van der Waals surface area contributed by atoms with Gasteiger partial charge in [0.1, 0.15) is 31.5 Å². The van der Waals surface area contributed by atoms with Crippen LogP contribution in [-0.2, 0) is 28.5 Å². The molecule has 1 aliphatic heterocycles. The molecule has 230 valence electrons. The number of carboxylic acid groups (broad SMARTS) is 1. The van der Waals surface area contributed by atoms with Gasteiger partial charge in [-0.3, -0.25) is 4.79 Å². The van der Waals surface area contributed by atoms with Crippen LogP contribution in [0.25, 0.3) is 0 Å². The summed E-state index contributed by atoms with van der Waals surface area (Å²) in [4.78, 5) is 35.7. The van der Waals surface area contributed by atoms with Crippen LogP contribution in [-0.4, -0.2) is 126 Å². The van der Waals surface area contributed by atoms with E-state index in [1.165, 1.54) is 14.0 Å². The molecule has 39 heavy (non-hydrogen) atoms. The average molecular weight is 569 g/mol. The zero-order valence-corrected chi connectivity index (χ0v) is 23.8. The minimum absolute atomic E-state index is 0.0616. The minimum atomic E-state index is -1.87. The number of carboxylic acids is 1. The van der Waals surface area contributed by atoms with Gasteiger partial charge in [0.05, 0.1) is 38.6 Å². The third kappa shape index (κ3) is 13.2. The van der Waals surface area contributed by atoms with Gasteiger partial charge in [-0.25, -0.2) is 9.59 Å². The number of hydrogen-bond donors (Lipinski definition) is 7. The highest BCUT2D eigenvalue weighted by molar-refractivity contribution is 5.82. The summed E-state index contributed by atoms with van der Waals surface area (Å²) < 4.78 is 20.3. The molecule has 6 unspecified atom stereocenters. The van der Waals surface area contributed by atoms with Crippen molar-refractivity contribution in [1.82, 2.24) is 10.6 Å². The smallest absolute Gasteiger partial charge is 0.407 e. The summed E-state index contributed by atoms with van der Waals surface area (Å²) in [6, 6.07) is -1.33. The average Bonchev–Trinajstić information content (AvgIpc) is 2.89. The van der Waals surface area contributed by atoms with Crippen molar-refractivity contribution in [3.8, 4) is 0 Å². The van der Waals surface area contributed by atoms with E-state index < -0.39 is 73.6 Å². The van der Waals surface area contributed by atoms with Gasteiger partial charge < -0.3 is 55.1 Å². The van der Waals surface area contributed by atoms with Crippen LogP contribution < -0.4 is 10.6 Å². The lowest BCUT2D eigenvalue weighted by Crippen LogP contribution is -2.67. The first-order chi connectivity index (χ1) is 18.3. The molecule has 0 aromatic carbocycles. The number of alkyl carbamates (subject to hydrolysis) is 1. The van der Waals surface area contributed by atoms with E-state index in [0.29, 0.717) is 13.2 Å². The second-order valence-electron chi connectivity index (χ2n) is 9.92. The zero-order valence-electron chi connectivity index (χ0n) is 23.8. The monoisotopic (exact) mass is 568 g/mol. The molecule has 1 fully saturated rings. The lowest BCUT2D eigenvalue weighted by atomic mass is 9.82. The van der Waals surface area contributed by atoms with Crippen molar-refractivity contribution in [3.63, 3.8) is 0 Å². The molecule has 0 spiro atoms. The Balaban J connectivity index is 0.00000215. The Bertz CT molecular complexity index is 717. The standard InChI is InChI=1S/C19H34N2O12.C6H14/c1-3-19(17(27)28)8-11(23)14(16(33-19)15(26)12(24)10-22)21-13(25)9-20-18(29)32-7-6-31-5-4-30-2;1-5(2)6(3)4/h11-12,14-16,22-24,26H,3-10H2,1-2H3,(H,20,29)(H,21,25)(H,27,28);5-6H,1-4H3. The maximum absolute atomic E-state index is 12.3. The Labute approximate surface area is 230 Å². The van der Waals surface area contributed by atoms with E-state index in [-0.39, 0.29) is 19.6 Å². The molecule has 1 saturated heterocycles. The van der Waals surface area contributed by atoms with Gasteiger partial charge in [-0.1, -0.05) is 34.6 Å². The van der Waals surface area contributed by atoms with E-state index in [2.05, 4.69) is 38.3 Å². The summed E-state index contributed by atoms with van der Waals surface area (Å²) in [5.41, 5.74) is -1.87. The number of rotatable bonds is 15. The molecule has 0 aromatic heterocycles. The van der Waals surface area contributed by atoms with Gasteiger partial charge >= 0.3 is 12.1 Å². The Morgan fingerprint density at radius 3 is 2.13 bits per heavy atom. The summed E-state index contributed by atoms with van der Waals surface area (Å²) in [6.07, 6.45) is -7.95. The van der Waals surface area contributed by atoms with Gasteiger partial charge in [-0.2, -0.15) is 0 Å². The number of methoxy groups -OCH3 is 1. The highest BCUT2D eigenvalue weighted by Gasteiger charge is 2.53. The largest absolute Gasteiger partial charge is 0.479 e. The van der Waals surface area contributed by atoms with Crippen molar-refractivity contribution in [1.29, 1.82) is 0 Å². The van der Waals surface area contributed by atoms with Gasteiger partial charge in [0, 0.05) is 13.5 Å². The van der Waals surface area contributed by atoms with E-state index in [4.69, 9.17) is 24.1 Å². The van der Waals surface area contributed by atoms with Crippen LogP contribution in [0.3, 0.4) is 0 Å². The molecule has 2 amide bonds. The van der Waals surface area contributed by atoms with Gasteiger partial charge in [-0.05, 0) is 18.3 Å². The molecule has 14 heteroatoms. The number of hydrogen-bond acceptors (Lipinski definition) is 11. The summed E-state index contributed by atoms with van der Waals surface area (Å²) in [5.74, 6) is -0.485. The fraction of sp³-hybridized carbons (Fsp3) is 0.880.